The molecule has 136 valence electrons. The largest absolute Gasteiger partial charge is 0.233 e. The molecule has 1 aromatic heterocycles. The van der Waals surface area contributed by atoms with E-state index in [0.29, 0.717) is 5.25 Å². The van der Waals surface area contributed by atoms with E-state index in [9.17, 15) is 0 Å². The van der Waals surface area contributed by atoms with Gasteiger partial charge in [-0.1, -0.05) is 48.4 Å². The van der Waals surface area contributed by atoms with Crippen LogP contribution >= 0.6 is 11.8 Å². The fraction of sp³-hybridized carbons (Fsp3) is 0.292. The molecule has 0 saturated heterocycles. The Morgan fingerprint density at radius 3 is 2.63 bits per heavy atom. The summed E-state index contributed by atoms with van der Waals surface area (Å²) in [6.45, 7) is 4.58. The summed E-state index contributed by atoms with van der Waals surface area (Å²) in [7, 11) is 0. The van der Waals surface area contributed by atoms with Gasteiger partial charge >= 0.3 is 0 Å². The van der Waals surface area contributed by atoms with Crippen molar-refractivity contribution in [3.05, 3.63) is 83.2 Å². The molecule has 3 aromatic rings. The third-order valence-corrected chi connectivity index (χ3v) is 7.76. The van der Waals surface area contributed by atoms with E-state index in [1.165, 1.54) is 34.6 Å². The number of hydrogen-bond donors (Lipinski definition) is 0. The topological polar surface area (TPSA) is 17.8 Å². The van der Waals surface area contributed by atoms with Crippen LogP contribution in [0, 0.1) is 12.3 Å². The Labute approximate surface area is 165 Å². The second kappa shape index (κ2) is 6.42. The van der Waals surface area contributed by atoms with Gasteiger partial charge in [0, 0.05) is 15.6 Å². The minimum absolute atomic E-state index is 0.231. The van der Waals surface area contributed by atoms with Crippen molar-refractivity contribution in [3.8, 4) is 5.69 Å². The van der Waals surface area contributed by atoms with E-state index in [1.54, 1.807) is 5.57 Å². The van der Waals surface area contributed by atoms with Gasteiger partial charge in [-0.15, -0.1) is 11.8 Å². The number of thioether (sulfide) groups is 1. The molecule has 1 saturated carbocycles. The van der Waals surface area contributed by atoms with Gasteiger partial charge in [0.2, 0.25) is 0 Å². The van der Waals surface area contributed by atoms with E-state index in [4.69, 9.17) is 5.10 Å². The first-order chi connectivity index (χ1) is 13.1. The second-order valence-electron chi connectivity index (χ2n) is 8.02. The minimum atomic E-state index is 0.231. The molecular formula is C24H24N2S. The van der Waals surface area contributed by atoms with Gasteiger partial charge in [-0.2, -0.15) is 5.10 Å². The predicted molar refractivity (Wildman–Crippen MR) is 113 cm³/mol. The summed E-state index contributed by atoms with van der Waals surface area (Å²) in [6.07, 6.45) is 8.04. The molecule has 2 aliphatic carbocycles. The zero-order valence-electron chi connectivity index (χ0n) is 15.9. The number of aryl methyl sites for hydroxylation is 1. The first-order valence-corrected chi connectivity index (χ1v) is 10.6. The fourth-order valence-corrected chi connectivity index (χ4v) is 5.92. The Bertz CT molecular complexity index is 1000. The fourth-order valence-electron chi connectivity index (χ4n) is 4.55. The van der Waals surface area contributed by atoms with Gasteiger partial charge in [-0.25, -0.2) is 4.68 Å². The van der Waals surface area contributed by atoms with Crippen LogP contribution in [-0.4, -0.2) is 15.0 Å². The van der Waals surface area contributed by atoms with Crippen LogP contribution in [0.15, 0.2) is 71.3 Å². The number of nitrogens with zero attached hydrogens (tertiary/aromatic N) is 2. The Kier molecular flexibility index (Phi) is 4.01. The molecule has 0 spiro atoms. The molecule has 1 heterocycles. The van der Waals surface area contributed by atoms with Gasteiger partial charge in [0.15, 0.2) is 0 Å². The molecule has 27 heavy (non-hydrogen) atoms. The van der Waals surface area contributed by atoms with Crippen LogP contribution in [0.1, 0.15) is 36.6 Å². The van der Waals surface area contributed by atoms with Crippen molar-refractivity contribution < 1.29 is 0 Å². The van der Waals surface area contributed by atoms with Gasteiger partial charge in [-0.3, -0.25) is 0 Å². The molecule has 3 heteroatoms. The summed E-state index contributed by atoms with van der Waals surface area (Å²) in [5, 5.41) is 5.36. The number of hydrogen-bond acceptors (Lipinski definition) is 2. The summed E-state index contributed by atoms with van der Waals surface area (Å²) < 4.78 is 2.11. The predicted octanol–water partition coefficient (Wildman–Crippen LogP) is 6.08. The van der Waals surface area contributed by atoms with E-state index < -0.39 is 0 Å². The van der Waals surface area contributed by atoms with Crippen molar-refractivity contribution in [2.45, 2.75) is 43.3 Å². The number of aromatic nitrogens is 2. The Hall–Kier alpha value is -2.26. The van der Waals surface area contributed by atoms with E-state index in [0.717, 1.165) is 12.1 Å². The zero-order chi connectivity index (χ0) is 18.4. The summed E-state index contributed by atoms with van der Waals surface area (Å²) in [6, 6.07) is 19.5. The number of allylic oxidation sites excluding steroid dienone is 1. The highest BCUT2D eigenvalue weighted by atomic mass is 32.2. The molecule has 0 N–H and O–H groups in total. The van der Waals surface area contributed by atoms with Crippen LogP contribution in [0.25, 0.3) is 11.8 Å². The first kappa shape index (κ1) is 16.9. The van der Waals surface area contributed by atoms with Crippen LogP contribution in [-0.2, 0) is 6.42 Å². The monoisotopic (exact) mass is 372 g/mol. The molecule has 0 amide bonds. The van der Waals surface area contributed by atoms with E-state index in [-0.39, 0.29) is 5.41 Å². The average Bonchev–Trinajstić information content (AvgIpc) is 3.22. The molecule has 2 aromatic carbocycles. The zero-order valence-corrected chi connectivity index (χ0v) is 16.7. The molecule has 2 atom stereocenters. The van der Waals surface area contributed by atoms with Crippen LogP contribution in [0.4, 0.5) is 0 Å². The van der Waals surface area contributed by atoms with Gasteiger partial charge in [0.05, 0.1) is 17.6 Å². The van der Waals surface area contributed by atoms with E-state index in [2.05, 4.69) is 85.4 Å². The maximum atomic E-state index is 4.73. The molecule has 0 radical (unpaired) electrons. The van der Waals surface area contributed by atoms with Crippen LogP contribution in [0.5, 0.6) is 0 Å². The summed E-state index contributed by atoms with van der Waals surface area (Å²) in [5.74, 6) is 0. The Morgan fingerprint density at radius 1 is 1.07 bits per heavy atom. The molecule has 2 nitrogen and oxygen atoms in total. The first-order valence-electron chi connectivity index (χ1n) is 9.70. The van der Waals surface area contributed by atoms with Crippen molar-refractivity contribution in [2.75, 3.05) is 0 Å². The molecule has 2 aliphatic rings. The van der Waals surface area contributed by atoms with Gasteiger partial charge in [0.1, 0.15) is 0 Å². The SMILES string of the molecule is Cc1ccc(-n2ncc3c2C=C2CCC(Sc4ccccc4)[C@@]2(C)C3)cc1. The third kappa shape index (κ3) is 2.85. The Balaban J connectivity index is 1.48. The minimum Gasteiger partial charge on any atom is -0.233 e. The van der Waals surface area contributed by atoms with Crippen LogP contribution in [0.3, 0.4) is 0 Å². The number of benzene rings is 2. The van der Waals surface area contributed by atoms with Crippen molar-refractivity contribution in [1.82, 2.24) is 9.78 Å². The lowest BCUT2D eigenvalue weighted by Crippen LogP contribution is -2.30. The Morgan fingerprint density at radius 2 is 1.85 bits per heavy atom. The molecule has 1 fully saturated rings. The third-order valence-electron chi connectivity index (χ3n) is 6.18. The van der Waals surface area contributed by atoms with E-state index >= 15 is 0 Å². The van der Waals surface area contributed by atoms with Crippen LogP contribution < -0.4 is 0 Å². The van der Waals surface area contributed by atoms with Gasteiger partial charge < -0.3 is 0 Å². The van der Waals surface area contributed by atoms with Gasteiger partial charge in [0.25, 0.3) is 0 Å². The maximum absolute atomic E-state index is 4.73. The lowest BCUT2D eigenvalue weighted by atomic mass is 9.75. The standard InChI is InChI=1S/C24H24N2S/c1-17-8-11-20(12-9-17)26-22-14-19-10-13-23(27-21-6-4-3-5-7-21)24(19,2)15-18(22)16-25-26/h3-9,11-12,14,16,23H,10,13,15H2,1-2H3/t23?,24-/m0/s1. The highest BCUT2D eigenvalue weighted by molar-refractivity contribution is 8.00. The van der Waals surface area contributed by atoms with Crippen molar-refractivity contribution in [1.29, 1.82) is 0 Å². The molecule has 0 bridgehead atoms. The summed E-state index contributed by atoms with van der Waals surface area (Å²) >= 11 is 2.05. The number of fused-ring (bicyclic) bond motifs is 2. The van der Waals surface area contributed by atoms with Crippen molar-refractivity contribution in [2.24, 2.45) is 5.41 Å². The quantitative estimate of drug-likeness (QED) is 0.554. The lowest BCUT2D eigenvalue weighted by molar-refractivity contribution is 0.417. The molecular weight excluding hydrogens is 348 g/mol. The smallest absolute Gasteiger partial charge is 0.0700 e. The second-order valence-corrected chi connectivity index (χ2v) is 9.30. The number of rotatable bonds is 3. The maximum Gasteiger partial charge on any atom is 0.0700 e. The molecule has 0 aliphatic heterocycles. The van der Waals surface area contributed by atoms with Crippen molar-refractivity contribution >= 4 is 17.8 Å². The van der Waals surface area contributed by atoms with Crippen molar-refractivity contribution in [3.63, 3.8) is 0 Å². The average molecular weight is 373 g/mol. The molecule has 5 rings (SSSR count). The summed E-state index contributed by atoms with van der Waals surface area (Å²) in [4.78, 5) is 1.38. The highest BCUT2D eigenvalue weighted by Gasteiger charge is 2.45. The van der Waals surface area contributed by atoms with Gasteiger partial charge in [-0.05, 0) is 62.1 Å². The highest BCUT2D eigenvalue weighted by Crippen LogP contribution is 2.55. The normalized spacial score (nSPS) is 23.6. The summed E-state index contributed by atoms with van der Waals surface area (Å²) in [5.41, 5.74) is 6.91. The lowest BCUT2D eigenvalue weighted by Gasteiger charge is -2.35. The molecule has 1 unspecified atom stereocenters. The van der Waals surface area contributed by atoms with E-state index in [1.807, 2.05) is 11.8 Å². The van der Waals surface area contributed by atoms with Crippen LogP contribution in [0.2, 0.25) is 0 Å².